The van der Waals surface area contributed by atoms with E-state index in [9.17, 15) is 0 Å². The van der Waals surface area contributed by atoms with Gasteiger partial charge in [-0.2, -0.15) is 0 Å². The van der Waals surface area contributed by atoms with Crippen molar-refractivity contribution in [3.63, 3.8) is 0 Å². The molecule has 0 amide bonds. The minimum atomic E-state index is 0.114. The Morgan fingerprint density at radius 1 is 1.00 bits per heavy atom. The first-order chi connectivity index (χ1) is 7.74. The Balaban J connectivity index is 2.15. The first-order valence-electron chi connectivity index (χ1n) is 4.56. The summed E-state index contributed by atoms with van der Waals surface area (Å²) < 4.78 is 0.995. The third-order valence-corrected chi connectivity index (χ3v) is 2.36. The highest BCUT2D eigenvalue weighted by Gasteiger charge is 1.92. The summed E-state index contributed by atoms with van der Waals surface area (Å²) in [5.41, 5.74) is 0.748. The maximum atomic E-state index is 9.03. The number of hydrogen-bond donors (Lipinski definition) is 1. The zero-order chi connectivity index (χ0) is 11.4. The molecule has 0 bridgehead atoms. The maximum Gasteiger partial charge on any atom is 0.174 e. The molecule has 0 unspecified atom stereocenters. The average molecular weight is 278 g/mol. The van der Waals surface area contributed by atoms with Gasteiger partial charge in [-0.3, -0.25) is 0 Å². The second kappa shape index (κ2) is 4.85. The van der Waals surface area contributed by atoms with Gasteiger partial charge in [-0.1, -0.05) is 15.9 Å². The van der Waals surface area contributed by atoms with Crippen LogP contribution in [0.1, 0.15) is 0 Å². The lowest BCUT2D eigenvalue weighted by Crippen LogP contribution is -1.71. The molecule has 0 atom stereocenters. The molecule has 80 valence electrons. The van der Waals surface area contributed by atoms with E-state index < -0.39 is 0 Å². The molecule has 0 fully saturated rings. The highest BCUT2D eigenvalue weighted by Crippen LogP contribution is 2.20. The van der Waals surface area contributed by atoms with Crippen LogP contribution in [-0.4, -0.2) is 10.1 Å². The molecule has 0 saturated carbocycles. The Bertz CT molecular complexity index is 446. The third kappa shape index (κ3) is 2.87. The van der Waals surface area contributed by atoms with Crippen LogP contribution in [0.4, 0.5) is 11.5 Å². The summed E-state index contributed by atoms with van der Waals surface area (Å²) in [6, 6.07) is 10.6. The highest BCUT2D eigenvalue weighted by atomic mass is 79.9. The predicted octanol–water partition coefficient (Wildman–Crippen LogP) is 3.97. The molecule has 0 saturated heterocycles. The van der Waals surface area contributed by atoms with Crippen molar-refractivity contribution in [2.45, 2.75) is 0 Å². The topological polar surface area (TPSA) is 57.8 Å². The lowest BCUT2D eigenvalue weighted by molar-refractivity contribution is 0.473. The maximum absolute atomic E-state index is 9.03. The van der Waals surface area contributed by atoms with Crippen molar-refractivity contribution >= 4 is 27.4 Å². The Kier molecular flexibility index (Phi) is 3.26. The van der Waals surface area contributed by atoms with Crippen LogP contribution < -0.4 is 0 Å². The van der Waals surface area contributed by atoms with Crippen LogP contribution in [0, 0.1) is 0 Å². The summed E-state index contributed by atoms with van der Waals surface area (Å²) in [4.78, 5) is 3.89. The van der Waals surface area contributed by atoms with Gasteiger partial charge in [0.05, 0.1) is 11.9 Å². The van der Waals surface area contributed by atoms with Crippen LogP contribution >= 0.6 is 15.9 Å². The zero-order valence-electron chi connectivity index (χ0n) is 8.21. The van der Waals surface area contributed by atoms with E-state index in [1.165, 1.54) is 12.3 Å². The lowest BCUT2D eigenvalue weighted by atomic mass is 10.3. The van der Waals surface area contributed by atoms with Gasteiger partial charge in [-0.15, -0.1) is 10.2 Å². The van der Waals surface area contributed by atoms with Crippen molar-refractivity contribution in [3.8, 4) is 5.75 Å². The van der Waals surface area contributed by atoms with Crippen molar-refractivity contribution in [2.24, 2.45) is 10.2 Å². The molecule has 0 aliphatic rings. The molecular weight excluding hydrogens is 270 g/mol. The number of aromatic hydroxyl groups is 1. The summed E-state index contributed by atoms with van der Waals surface area (Å²) >= 11 is 3.34. The SMILES string of the molecule is Oc1ccc(N=Nc2ccc(Br)cc2)nc1. The van der Waals surface area contributed by atoms with Gasteiger partial charge in [-0.25, -0.2) is 4.98 Å². The molecule has 0 aliphatic carbocycles. The lowest BCUT2D eigenvalue weighted by Gasteiger charge is -1.93. The second-order valence-corrected chi connectivity index (χ2v) is 3.97. The van der Waals surface area contributed by atoms with E-state index in [1.807, 2.05) is 24.3 Å². The van der Waals surface area contributed by atoms with Gasteiger partial charge in [0.15, 0.2) is 5.82 Å². The smallest absolute Gasteiger partial charge is 0.174 e. The summed E-state index contributed by atoms with van der Waals surface area (Å²) in [6.45, 7) is 0. The van der Waals surface area contributed by atoms with Crippen LogP contribution in [0.2, 0.25) is 0 Å². The van der Waals surface area contributed by atoms with Crippen molar-refractivity contribution in [2.75, 3.05) is 0 Å². The Labute approximate surface area is 101 Å². The van der Waals surface area contributed by atoms with E-state index in [0.29, 0.717) is 5.82 Å². The second-order valence-electron chi connectivity index (χ2n) is 3.05. The molecule has 16 heavy (non-hydrogen) atoms. The van der Waals surface area contributed by atoms with E-state index in [2.05, 4.69) is 31.1 Å². The van der Waals surface area contributed by atoms with Crippen LogP contribution in [-0.2, 0) is 0 Å². The summed E-state index contributed by atoms with van der Waals surface area (Å²) in [5, 5.41) is 17.0. The van der Waals surface area contributed by atoms with Gasteiger partial charge in [0, 0.05) is 4.47 Å². The summed E-state index contributed by atoms with van der Waals surface area (Å²) in [6.07, 6.45) is 1.33. The number of azo groups is 1. The van der Waals surface area contributed by atoms with E-state index in [4.69, 9.17) is 5.11 Å². The fourth-order valence-electron chi connectivity index (χ4n) is 1.05. The standard InChI is InChI=1S/C11H8BrN3O/c12-8-1-3-9(4-2-8)14-15-11-6-5-10(16)7-13-11/h1-7,16H. The van der Waals surface area contributed by atoms with Gasteiger partial charge in [-0.05, 0) is 36.4 Å². The molecule has 5 heteroatoms. The number of halogens is 1. The number of aromatic nitrogens is 1. The Morgan fingerprint density at radius 3 is 2.38 bits per heavy atom. The minimum Gasteiger partial charge on any atom is -0.506 e. The molecule has 1 heterocycles. The van der Waals surface area contributed by atoms with Crippen molar-refractivity contribution < 1.29 is 5.11 Å². The molecule has 0 radical (unpaired) electrons. The first kappa shape index (κ1) is 10.8. The van der Waals surface area contributed by atoms with E-state index in [0.717, 1.165) is 10.2 Å². The van der Waals surface area contributed by atoms with Gasteiger partial charge < -0.3 is 5.11 Å². The molecule has 1 aromatic heterocycles. The first-order valence-corrected chi connectivity index (χ1v) is 5.36. The number of pyridine rings is 1. The minimum absolute atomic E-state index is 0.114. The van der Waals surface area contributed by atoms with E-state index >= 15 is 0 Å². The van der Waals surface area contributed by atoms with Gasteiger partial charge in [0.2, 0.25) is 0 Å². The summed E-state index contributed by atoms with van der Waals surface area (Å²) in [7, 11) is 0. The molecule has 2 aromatic rings. The van der Waals surface area contributed by atoms with Crippen LogP contribution in [0.3, 0.4) is 0 Å². The largest absolute Gasteiger partial charge is 0.506 e. The summed E-state index contributed by atoms with van der Waals surface area (Å²) in [5.74, 6) is 0.573. The molecular formula is C11H8BrN3O. The quantitative estimate of drug-likeness (QED) is 0.845. The Morgan fingerprint density at radius 2 is 1.75 bits per heavy atom. The predicted molar refractivity (Wildman–Crippen MR) is 64.2 cm³/mol. The van der Waals surface area contributed by atoms with Crippen molar-refractivity contribution in [3.05, 3.63) is 47.1 Å². The molecule has 0 spiro atoms. The van der Waals surface area contributed by atoms with Crippen molar-refractivity contribution in [1.82, 2.24) is 4.98 Å². The van der Waals surface area contributed by atoms with Crippen LogP contribution in [0.15, 0.2) is 57.3 Å². The van der Waals surface area contributed by atoms with Gasteiger partial charge in [0.25, 0.3) is 0 Å². The number of nitrogens with zero attached hydrogens (tertiary/aromatic N) is 3. The number of rotatable bonds is 2. The van der Waals surface area contributed by atoms with Crippen LogP contribution in [0.5, 0.6) is 5.75 Å². The molecule has 0 aliphatic heterocycles. The third-order valence-electron chi connectivity index (χ3n) is 1.83. The fraction of sp³-hybridized carbons (Fsp3) is 0. The average Bonchev–Trinajstić information content (AvgIpc) is 2.30. The highest BCUT2D eigenvalue weighted by molar-refractivity contribution is 9.10. The van der Waals surface area contributed by atoms with Crippen molar-refractivity contribution in [1.29, 1.82) is 0 Å². The van der Waals surface area contributed by atoms with Gasteiger partial charge >= 0.3 is 0 Å². The molecule has 1 aromatic carbocycles. The zero-order valence-corrected chi connectivity index (χ0v) is 9.79. The molecule has 2 rings (SSSR count). The van der Waals surface area contributed by atoms with Crippen LogP contribution in [0.25, 0.3) is 0 Å². The molecule has 4 nitrogen and oxygen atoms in total. The van der Waals surface area contributed by atoms with E-state index in [-0.39, 0.29) is 5.75 Å². The van der Waals surface area contributed by atoms with Gasteiger partial charge in [0.1, 0.15) is 5.75 Å². The number of hydrogen-bond acceptors (Lipinski definition) is 4. The normalized spacial score (nSPS) is 10.8. The Hall–Kier alpha value is -1.75. The number of benzene rings is 1. The fourth-order valence-corrected chi connectivity index (χ4v) is 1.32. The van der Waals surface area contributed by atoms with E-state index in [1.54, 1.807) is 6.07 Å². The molecule has 1 N–H and O–H groups in total. The monoisotopic (exact) mass is 277 g/mol.